The SMILES string of the molecule is COc1ccc(CN(C(=O)[O-])[C@H](CCC(=O)Cc2ccc([N+](=O)[O-])cc2)[C@H](O[Si](C)(C)C(C)(C)C)c2ccc(Cl)nc2)cc1. The molecule has 0 bridgehead atoms. The summed E-state index contributed by atoms with van der Waals surface area (Å²) in [4.78, 5) is 42.0. The van der Waals surface area contributed by atoms with Crippen LogP contribution in [0.3, 0.4) is 0 Å². The molecule has 3 aromatic rings. The molecule has 2 aromatic carbocycles. The molecule has 0 fully saturated rings. The molecule has 0 spiro atoms. The van der Waals surface area contributed by atoms with Crippen LogP contribution in [-0.4, -0.2) is 48.2 Å². The number of benzene rings is 2. The zero-order valence-electron chi connectivity index (χ0n) is 25.9. The fourth-order valence-electron chi connectivity index (χ4n) is 4.49. The van der Waals surface area contributed by atoms with Crippen molar-refractivity contribution in [3.8, 4) is 5.75 Å². The van der Waals surface area contributed by atoms with E-state index in [9.17, 15) is 24.8 Å². The van der Waals surface area contributed by atoms with Gasteiger partial charge in [0, 0.05) is 43.3 Å². The van der Waals surface area contributed by atoms with Gasteiger partial charge in [0.05, 0.1) is 24.2 Å². The predicted octanol–water partition coefficient (Wildman–Crippen LogP) is 6.52. The van der Waals surface area contributed by atoms with Crippen LogP contribution >= 0.6 is 11.6 Å². The third-order valence-corrected chi connectivity index (χ3v) is 12.7. The molecule has 0 radical (unpaired) electrons. The lowest BCUT2D eigenvalue weighted by Crippen LogP contribution is -2.52. The first-order valence-electron chi connectivity index (χ1n) is 14.3. The van der Waals surface area contributed by atoms with Gasteiger partial charge in [-0.05, 0) is 53.9 Å². The predicted molar refractivity (Wildman–Crippen MR) is 169 cm³/mol. The van der Waals surface area contributed by atoms with Gasteiger partial charge in [0.2, 0.25) is 0 Å². The molecule has 0 aliphatic heterocycles. The van der Waals surface area contributed by atoms with E-state index in [0.717, 1.165) is 0 Å². The van der Waals surface area contributed by atoms with Crippen molar-refractivity contribution in [3.05, 3.63) is 98.8 Å². The molecule has 0 aliphatic carbocycles. The van der Waals surface area contributed by atoms with Crippen LogP contribution in [0.1, 0.15) is 56.4 Å². The highest BCUT2D eigenvalue weighted by atomic mass is 35.5. The highest BCUT2D eigenvalue weighted by Gasteiger charge is 2.42. The van der Waals surface area contributed by atoms with Crippen LogP contribution in [0, 0.1) is 10.1 Å². The van der Waals surface area contributed by atoms with E-state index in [1.807, 2.05) is 0 Å². The Kier molecular flexibility index (Phi) is 11.7. The number of pyridine rings is 1. The number of carboxylic acid groups (broad SMARTS) is 1. The van der Waals surface area contributed by atoms with Crippen molar-refractivity contribution in [2.24, 2.45) is 0 Å². The molecule has 0 N–H and O–H groups in total. The standard InChI is InChI=1S/C32H40ClN3O7Si/c1-32(2,3)44(5,6)43-30(24-11-18-29(33)34-20-24)28(35(31(38)39)21-23-9-15-27(42-4)16-10-23)17-14-26(37)19-22-7-12-25(13-8-22)36(40)41/h7-13,15-16,18,20,28,30H,14,17,19,21H2,1-6H3,(H,38,39)/p-1/t28-,30-/m1/s1. The number of ether oxygens (including phenoxy) is 1. The number of Topliss-reactive ketones (excluding diaryl/α,β-unsaturated/α-hetero) is 1. The largest absolute Gasteiger partial charge is 0.530 e. The maximum atomic E-state index is 13.2. The van der Waals surface area contributed by atoms with E-state index in [1.54, 1.807) is 61.8 Å². The van der Waals surface area contributed by atoms with Gasteiger partial charge in [-0.25, -0.2) is 4.98 Å². The summed E-state index contributed by atoms with van der Waals surface area (Å²) in [6.45, 7) is 10.4. The number of hydrogen-bond acceptors (Lipinski definition) is 8. The quantitative estimate of drug-likeness (QED) is 0.0841. The monoisotopic (exact) mass is 640 g/mol. The topological polar surface area (TPSA) is 135 Å². The Balaban J connectivity index is 2.01. The van der Waals surface area contributed by atoms with Gasteiger partial charge in [-0.2, -0.15) is 0 Å². The number of nitrogens with zero attached hydrogens (tertiary/aromatic N) is 3. The second-order valence-electron chi connectivity index (χ2n) is 12.2. The molecule has 236 valence electrons. The molecule has 0 unspecified atom stereocenters. The fourth-order valence-corrected chi connectivity index (χ4v) is 5.89. The average Bonchev–Trinajstić information content (AvgIpc) is 2.96. The Bertz CT molecular complexity index is 1430. The molecule has 1 amide bonds. The summed E-state index contributed by atoms with van der Waals surface area (Å²) in [6.07, 6.45) is -0.384. The second-order valence-corrected chi connectivity index (χ2v) is 17.3. The number of nitro benzene ring substituents is 1. The number of rotatable bonds is 14. The van der Waals surface area contributed by atoms with Crippen LogP contribution in [0.5, 0.6) is 5.75 Å². The van der Waals surface area contributed by atoms with Crippen molar-refractivity contribution < 1.29 is 28.8 Å². The number of methoxy groups -OCH3 is 1. The Morgan fingerprint density at radius 2 is 1.64 bits per heavy atom. The van der Waals surface area contributed by atoms with Gasteiger partial charge in [-0.3, -0.25) is 14.9 Å². The Labute approximate surface area is 264 Å². The van der Waals surface area contributed by atoms with Gasteiger partial charge in [-0.1, -0.05) is 62.7 Å². The summed E-state index contributed by atoms with van der Waals surface area (Å²) in [7, 11) is -0.951. The lowest BCUT2D eigenvalue weighted by Gasteiger charge is -2.45. The van der Waals surface area contributed by atoms with Gasteiger partial charge in [0.1, 0.15) is 22.8 Å². The van der Waals surface area contributed by atoms with Crippen molar-refractivity contribution >= 4 is 37.5 Å². The van der Waals surface area contributed by atoms with Crippen molar-refractivity contribution in [1.82, 2.24) is 9.88 Å². The van der Waals surface area contributed by atoms with Crippen LogP contribution < -0.4 is 9.84 Å². The molecule has 10 nitrogen and oxygen atoms in total. The average molecular weight is 641 g/mol. The van der Waals surface area contributed by atoms with Gasteiger partial charge in [-0.15, -0.1) is 0 Å². The van der Waals surface area contributed by atoms with Crippen molar-refractivity contribution in [3.63, 3.8) is 0 Å². The molecule has 1 heterocycles. The molecular weight excluding hydrogens is 602 g/mol. The lowest BCUT2D eigenvalue weighted by molar-refractivity contribution is -0.384. The minimum Gasteiger partial charge on any atom is -0.530 e. The number of nitro groups is 1. The maximum Gasteiger partial charge on any atom is 0.269 e. The normalized spacial score (nSPS) is 13.2. The third-order valence-electron chi connectivity index (χ3n) is 8.07. The van der Waals surface area contributed by atoms with Crippen molar-refractivity contribution in [2.75, 3.05) is 7.11 Å². The number of carbonyl (C=O) groups is 2. The minimum absolute atomic E-state index is 0.00802. The van der Waals surface area contributed by atoms with Gasteiger partial charge in [0.25, 0.3) is 5.69 Å². The van der Waals surface area contributed by atoms with E-state index in [1.165, 1.54) is 17.0 Å². The van der Waals surface area contributed by atoms with E-state index >= 15 is 0 Å². The molecule has 0 aliphatic rings. The van der Waals surface area contributed by atoms with E-state index < -0.39 is 31.5 Å². The first kappa shape index (κ1) is 34.7. The Morgan fingerprint density at radius 3 is 2.14 bits per heavy atom. The van der Waals surface area contributed by atoms with E-state index in [2.05, 4.69) is 38.8 Å². The Hall–Kier alpha value is -3.80. The molecule has 2 atom stereocenters. The van der Waals surface area contributed by atoms with Crippen LogP contribution in [0.2, 0.25) is 23.3 Å². The fraction of sp³-hybridized carbons (Fsp3) is 0.406. The lowest BCUT2D eigenvalue weighted by atomic mass is 9.95. The van der Waals surface area contributed by atoms with E-state index in [0.29, 0.717) is 22.4 Å². The number of amides is 1. The van der Waals surface area contributed by atoms with Crippen LogP contribution in [0.25, 0.3) is 0 Å². The van der Waals surface area contributed by atoms with Gasteiger partial charge in [0.15, 0.2) is 8.32 Å². The highest BCUT2D eigenvalue weighted by Crippen LogP contribution is 2.42. The highest BCUT2D eigenvalue weighted by molar-refractivity contribution is 6.74. The minimum atomic E-state index is -2.50. The van der Waals surface area contributed by atoms with Crippen LogP contribution in [0.15, 0.2) is 66.9 Å². The molecule has 0 saturated carbocycles. The molecule has 44 heavy (non-hydrogen) atoms. The number of aromatic nitrogens is 1. The van der Waals surface area contributed by atoms with Crippen LogP contribution in [-0.2, 0) is 22.2 Å². The number of halogens is 1. The molecular formula is C32H39ClN3O7Si-. The summed E-state index contributed by atoms with van der Waals surface area (Å²) >= 11 is 6.10. The summed E-state index contributed by atoms with van der Waals surface area (Å²) in [5.74, 6) is 0.487. The number of hydrogen-bond donors (Lipinski definition) is 0. The van der Waals surface area contributed by atoms with Crippen molar-refractivity contribution in [1.29, 1.82) is 0 Å². The molecule has 12 heteroatoms. The van der Waals surface area contributed by atoms with Crippen LogP contribution in [0.4, 0.5) is 10.5 Å². The zero-order valence-corrected chi connectivity index (χ0v) is 27.7. The summed E-state index contributed by atoms with van der Waals surface area (Å²) in [5, 5.41) is 23.9. The molecule has 1 aromatic heterocycles. The first-order valence-corrected chi connectivity index (χ1v) is 17.5. The number of carbonyl (C=O) groups excluding carboxylic acids is 2. The number of non-ortho nitro benzene ring substituents is 1. The van der Waals surface area contributed by atoms with Gasteiger partial charge < -0.3 is 24.0 Å². The zero-order chi connectivity index (χ0) is 32.7. The molecule has 0 saturated heterocycles. The maximum absolute atomic E-state index is 13.2. The smallest absolute Gasteiger partial charge is 0.269 e. The van der Waals surface area contributed by atoms with Gasteiger partial charge >= 0.3 is 0 Å². The van der Waals surface area contributed by atoms with E-state index in [4.69, 9.17) is 20.8 Å². The summed E-state index contributed by atoms with van der Waals surface area (Å²) < 4.78 is 12.2. The summed E-state index contributed by atoms with van der Waals surface area (Å²) in [6, 6.07) is 15.4. The number of ketones is 1. The summed E-state index contributed by atoms with van der Waals surface area (Å²) in [5.41, 5.74) is 1.90. The third kappa shape index (κ3) is 9.35. The Morgan fingerprint density at radius 1 is 1.02 bits per heavy atom. The van der Waals surface area contributed by atoms with E-state index in [-0.39, 0.29) is 47.5 Å². The first-order chi connectivity index (χ1) is 20.6. The molecule has 3 rings (SSSR count). The second kappa shape index (κ2) is 14.8. The van der Waals surface area contributed by atoms with Crippen molar-refractivity contribution in [2.45, 2.75) is 76.9 Å².